The number of carbonyl (C=O) groups excluding carboxylic acids is 1. The minimum Gasteiger partial charge on any atom is -0.497 e. The van der Waals surface area contributed by atoms with E-state index in [4.69, 9.17) is 15.2 Å². The van der Waals surface area contributed by atoms with Crippen LogP contribution in [-0.2, 0) is 0 Å². The smallest absolute Gasteiger partial charge is 0.255 e. The Balaban J connectivity index is 2.21. The maximum absolute atomic E-state index is 13.6. The van der Waals surface area contributed by atoms with Gasteiger partial charge >= 0.3 is 0 Å². The average Bonchev–Trinajstić information content (AvgIpc) is 2.46. The molecule has 0 aliphatic heterocycles. The first-order valence-corrected chi connectivity index (χ1v) is 6.13. The van der Waals surface area contributed by atoms with Gasteiger partial charge in [-0.15, -0.1) is 0 Å². The van der Waals surface area contributed by atoms with Crippen LogP contribution in [0.25, 0.3) is 0 Å². The number of anilines is 2. The summed E-state index contributed by atoms with van der Waals surface area (Å²) in [7, 11) is 2.85. The maximum atomic E-state index is 13.6. The van der Waals surface area contributed by atoms with E-state index < -0.39 is 11.7 Å². The normalized spacial score (nSPS) is 10.0. The summed E-state index contributed by atoms with van der Waals surface area (Å²) in [4.78, 5) is 12.1. The van der Waals surface area contributed by atoms with Gasteiger partial charge in [0.1, 0.15) is 5.75 Å². The number of nitrogens with one attached hydrogen (secondary N) is 1. The molecule has 0 aromatic heterocycles. The molecule has 0 heterocycles. The first-order chi connectivity index (χ1) is 10.0. The predicted molar refractivity (Wildman–Crippen MR) is 78.3 cm³/mol. The molecule has 0 aliphatic carbocycles. The number of hydrogen-bond acceptors (Lipinski definition) is 4. The van der Waals surface area contributed by atoms with Crippen LogP contribution in [0.15, 0.2) is 36.4 Å². The Bertz CT molecular complexity index is 674. The number of halogens is 1. The third kappa shape index (κ3) is 3.42. The first-order valence-electron chi connectivity index (χ1n) is 6.13. The van der Waals surface area contributed by atoms with Crippen molar-refractivity contribution in [2.75, 3.05) is 25.3 Å². The Morgan fingerprint density at radius 2 is 1.90 bits per heavy atom. The summed E-state index contributed by atoms with van der Waals surface area (Å²) >= 11 is 0. The number of rotatable bonds is 4. The molecule has 0 aliphatic rings. The molecule has 5 nitrogen and oxygen atoms in total. The molecule has 1 amide bonds. The lowest BCUT2D eigenvalue weighted by molar-refractivity contribution is 0.102. The van der Waals surface area contributed by atoms with Crippen molar-refractivity contribution in [1.82, 2.24) is 0 Å². The second-order valence-electron chi connectivity index (χ2n) is 4.30. The quantitative estimate of drug-likeness (QED) is 0.849. The Labute approximate surface area is 121 Å². The van der Waals surface area contributed by atoms with Gasteiger partial charge in [-0.2, -0.15) is 0 Å². The molecule has 110 valence electrons. The van der Waals surface area contributed by atoms with Crippen LogP contribution in [0.5, 0.6) is 11.5 Å². The summed E-state index contributed by atoms with van der Waals surface area (Å²) in [6.45, 7) is 0. The van der Waals surface area contributed by atoms with E-state index in [1.54, 1.807) is 18.2 Å². The second kappa shape index (κ2) is 6.13. The van der Waals surface area contributed by atoms with Gasteiger partial charge in [0.05, 0.1) is 14.2 Å². The molecule has 0 radical (unpaired) electrons. The molecule has 6 heteroatoms. The molecule has 2 aromatic carbocycles. The lowest BCUT2D eigenvalue weighted by atomic mass is 10.1. The number of nitrogen functional groups attached to an aromatic ring is 1. The second-order valence-corrected chi connectivity index (χ2v) is 4.30. The van der Waals surface area contributed by atoms with Crippen LogP contribution in [0.1, 0.15) is 10.4 Å². The van der Waals surface area contributed by atoms with Gasteiger partial charge in [-0.05, 0) is 24.3 Å². The van der Waals surface area contributed by atoms with Crippen LogP contribution in [0, 0.1) is 5.82 Å². The molecule has 0 bridgehead atoms. The minimum atomic E-state index is -0.555. The topological polar surface area (TPSA) is 73.6 Å². The van der Waals surface area contributed by atoms with E-state index in [1.807, 2.05) is 0 Å². The van der Waals surface area contributed by atoms with Gasteiger partial charge in [-0.1, -0.05) is 0 Å². The summed E-state index contributed by atoms with van der Waals surface area (Å²) in [6.07, 6.45) is 0. The Morgan fingerprint density at radius 1 is 1.14 bits per heavy atom. The van der Waals surface area contributed by atoms with Gasteiger partial charge in [0.2, 0.25) is 0 Å². The summed E-state index contributed by atoms with van der Waals surface area (Å²) in [6, 6.07) is 8.82. The van der Waals surface area contributed by atoms with E-state index in [-0.39, 0.29) is 5.75 Å². The molecule has 0 unspecified atom stereocenters. The van der Waals surface area contributed by atoms with Crippen LogP contribution < -0.4 is 20.5 Å². The van der Waals surface area contributed by atoms with E-state index in [1.165, 1.54) is 32.4 Å². The van der Waals surface area contributed by atoms with Crippen LogP contribution in [0.2, 0.25) is 0 Å². The van der Waals surface area contributed by atoms with Crippen molar-refractivity contribution in [3.05, 3.63) is 47.8 Å². The number of carbonyl (C=O) groups is 1. The summed E-state index contributed by atoms with van der Waals surface area (Å²) in [5.74, 6) is -0.384. The van der Waals surface area contributed by atoms with Gasteiger partial charge in [-0.3, -0.25) is 4.79 Å². The van der Waals surface area contributed by atoms with E-state index in [9.17, 15) is 9.18 Å². The van der Waals surface area contributed by atoms with Crippen molar-refractivity contribution in [3.8, 4) is 11.5 Å². The number of hydrogen-bond donors (Lipinski definition) is 2. The van der Waals surface area contributed by atoms with E-state index in [0.717, 1.165) is 0 Å². The van der Waals surface area contributed by atoms with Crippen molar-refractivity contribution in [2.24, 2.45) is 0 Å². The van der Waals surface area contributed by atoms with Crippen molar-refractivity contribution < 1.29 is 18.7 Å². The number of amides is 1. The zero-order chi connectivity index (χ0) is 15.4. The molecule has 0 atom stereocenters. The molecule has 2 rings (SSSR count). The van der Waals surface area contributed by atoms with Crippen molar-refractivity contribution >= 4 is 17.3 Å². The standard InChI is InChI=1S/C15H15FN2O3/c1-20-12-6-9(5-10(17)7-12)15(19)18-11-3-4-14(21-2)13(16)8-11/h3-8H,17H2,1-2H3,(H,18,19). The molecule has 0 spiro atoms. The molecule has 3 N–H and O–H groups in total. The summed E-state index contributed by atoms with van der Waals surface area (Å²) < 4.78 is 23.4. The first kappa shape index (κ1) is 14.6. The molecule has 0 saturated carbocycles. The highest BCUT2D eigenvalue weighted by atomic mass is 19.1. The molecule has 0 saturated heterocycles. The molecular weight excluding hydrogens is 275 g/mol. The van der Waals surface area contributed by atoms with Gasteiger partial charge in [0, 0.05) is 29.1 Å². The van der Waals surface area contributed by atoms with E-state index in [2.05, 4.69) is 5.32 Å². The summed E-state index contributed by atoms with van der Waals surface area (Å²) in [5.41, 5.74) is 6.74. The largest absolute Gasteiger partial charge is 0.497 e. The van der Waals surface area contributed by atoms with Crippen LogP contribution in [0.4, 0.5) is 15.8 Å². The van der Waals surface area contributed by atoms with Gasteiger partial charge in [0.25, 0.3) is 5.91 Å². The minimum absolute atomic E-state index is 0.110. The zero-order valence-corrected chi connectivity index (χ0v) is 11.6. The number of nitrogens with two attached hydrogens (primary N) is 1. The summed E-state index contributed by atoms with van der Waals surface area (Å²) in [5, 5.41) is 2.58. The lowest BCUT2D eigenvalue weighted by Crippen LogP contribution is -2.12. The monoisotopic (exact) mass is 290 g/mol. The fourth-order valence-electron chi connectivity index (χ4n) is 1.82. The van der Waals surface area contributed by atoms with Crippen molar-refractivity contribution in [3.63, 3.8) is 0 Å². The highest BCUT2D eigenvalue weighted by molar-refractivity contribution is 6.05. The number of benzene rings is 2. The molecular formula is C15H15FN2O3. The molecule has 2 aromatic rings. The highest BCUT2D eigenvalue weighted by Gasteiger charge is 2.10. The van der Waals surface area contributed by atoms with Gasteiger partial charge in [0.15, 0.2) is 11.6 Å². The van der Waals surface area contributed by atoms with Crippen LogP contribution >= 0.6 is 0 Å². The Hall–Kier alpha value is -2.76. The van der Waals surface area contributed by atoms with Crippen molar-refractivity contribution in [2.45, 2.75) is 0 Å². The fraction of sp³-hybridized carbons (Fsp3) is 0.133. The Morgan fingerprint density at radius 3 is 2.52 bits per heavy atom. The van der Waals surface area contributed by atoms with Crippen LogP contribution in [-0.4, -0.2) is 20.1 Å². The van der Waals surface area contributed by atoms with Gasteiger partial charge in [-0.25, -0.2) is 4.39 Å². The lowest BCUT2D eigenvalue weighted by Gasteiger charge is -2.09. The predicted octanol–water partition coefficient (Wildman–Crippen LogP) is 2.68. The zero-order valence-electron chi connectivity index (χ0n) is 11.6. The van der Waals surface area contributed by atoms with Crippen molar-refractivity contribution in [1.29, 1.82) is 0 Å². The third-order valence-corrected chi connectivity index (χ3v) is 2.84. The average molecular weight is 290 g/mol. The van der Waals surface area contributed by atoms with E-state index in [0.29, 0.717) is 22.7 Å². The number of ether oxygens (including phenoxy) is 2. The molecule has 0 fully saturated rings. The molecule has 21 heavy (non-hydrogen) atoms. The van der Waals surface area contributed by atoms with Crippen LogP contribution in [0.3, 0.4) is 0 Å². The van der Waals surface area contributed by atoms with Gasteiger partial charge < -0.3 is 20.5 Å². The number of methoxy groups -OCH3 is 2. The van der Waals surface area contributed by atoms with E-state index >= 15 is 0 Å². The third-order valence-electron chi connectivity index (χ3n) is 2.84. The SMILES string of the molecule is COc1cc(N)cc(C(=O)Nc2ccc(OC)c(F)c2)c1. The maximum Gasteiger partial charge on any atom is 0.255 e. The fourth-order valence-corrected chi connectivity index (χ4v) is 1.82. The highest BCUT2D eigenvalue weighted by Crippen LogP contribution is 2.22. The Kier molecular flexibility index (Phi) is 4.27.